The summed E-state index contributed by atoms with van der Waals surface area (Å²) in [5.74, 6) is -0.575. The number of ether oxygens (including phenoxy) is 2. The van der Waals surface area contributed by atoms with Crippen molar-refractivity contribution in [2.24, 2.45) is 5.73 Å². The van der Waals surface area contributed by atoms with E-state index in [1.54, 1.807) is 35.2 Å². The summed E-state index contributed by atoms with van der Waals surface area (Å²) in [6, 6.07) is 17.6. The van der Waals surface area contributed by atoms with Crippen LogP contribution in [-0.4, -0.2) is 31.0 Å². The number of benzene rings is 3. The monoisotopic (exact) mass is 426 g/mol. The maximum atomic E-state index is 13.8. The van der Waals surface area contributed by atoms with Gasteiger partial charge >= 0.3 is 0 Å². The molecule has 3 aromatic carbocycles. The smallest absolute Gasteiger partial charge is 0.254 e. The third kappa shape index (κ3) is 5.79. The van der Waals surface area contributed by atoms with E-state index in [0.717, 1.165) is 11.6 Å². The Bertz CT molecular complexity index is 1030. The molecular formula is C24H24F2N2O3. The summed E-state index contributed by atoms with van der Waals surface area (Å²) in [6.45, 7) is 1.00. The first-order valence-corrected chi connectivity index (χ1v) is 9.80. The Labute approximate surface area is 180 Å². The van der Waals surface area contributed by atoms with Gasteiger partial charge in [0, 0.05) is 36.8 Å². The number of amides is 1. The van der Waals surface area contributed by atoms with Crippen molar-refractivity contribution >= 4 is 5.91 Å². The Balaban J connectivity index is 1.73. The largest absolute Gasteiger partial charge is 0.493 e. The van der Waals surface area contributed by atoms with Gasteiger partial charge in [-0.2, -0.15) is 0 Å². The first-order chi connectivity index (χ1) is 15.0. The predicted molar refractivity (Wildman–Crippen MR) is 114 cm³/mol. The highest BCUT2D eigenvalue weighted by molar-refractivity contribution is 5.94. The molecule has 0 radical (unpaired) electrons. The number of carbonyl (C=O) groups excluding carboxylic acids is 1. The molecule has 3 rings (SSSR count). The number of carbonyl (C=O) groups is 1. The summed E-state index contributed by atoms with van der Waals surface area (Å²) in [5, 5.41) is 0. The number of nitrogens with two attached hydrogens (primary N) is 1. The zero-order valence-electron chi connectivity index (χ0n) is 17.2. The van der Waals surface area contributed by atoms with Crippen LogP contribution in [0.3, 0.4) is 0 Å². The zero-order chi connectivity index (χ0) is 22.2. The lowest BCUT2D eigenvalue weighted by Crippen LogP contribution is -2.34. The number of halogens is 2. The van der Waals surface area contributed by atoms with E-state index in [1.165, 1.54) is 19.2 Å². The van der Waals surface area contributed by atoms with Crippen LogP contribution in [0.15, 0.2) is 66.7 Å². The van der Waals surface area contributed by atoms with Gasteiger partial charge in [0.25, 0.3) is 5.91 Å². The molecule has 3 aromatic rings. The highest BCUT2D eigenvalue weighted by Gasteiger charge is 2.17. The quantitative estimate of drug-likeness (QED) is 0.558. The molecule has 0 aromatic heterocycles. The summed E-state index contributed by atoms with van der Waals surface area (Å²) in [7, 11) is 1.50. The van der Waals surface area contributed by atoms with Gasteiger partial charge in [0.2, 0.25) is 0 Å². The Morgan fingerprint density at radius 3 is 2.45 bits per heavy atom. The lowest BCUT2D eigenvalue weighted by atomic mass is 10.1. The molecule has 0 heterocycles. The van der Waals surface area contributed by atoms with Gasteiger partial charge in [-0.3, -0.25) is 4.79 Å². The average Bonchev–Trinajstić information content (AvgIpc) is 2.78. The third-order valence-corrected chi connectivity index (χ3v) is 4.71. The van der Waals surface area contributed by atoms with Crippen molar-refractivity contribution in [1.82, 2.24) is 4.90 Å². The maximum Gasteiger partial charge on any atom is 0.254 e. The molecule has 0 unspecified atom stereocenters. The molecule has 0 aliphatic carbocycles. The number of methoxy groups -OCH3 is 1. The van der Waals surface area contributed by atoms with Gasteiger partial charge in [-0.05, 0) is 42.0 Å². The maximum absolute atomic E-state index is 13.8. The van der Waals surface area contributed by atoms with Crippen molar-refractivity contribution in [3.05, 3.63) is 95.1 Å². The molecule has 162 valence electrons. The second kappa shape index (κ2) is 10.5. The topological polar surface area (TPSA) is 64.8 Å². The van der Waals surface area contributed by atoms with E-state index in [0.29, 0.717) is 36.7 Å². The van der Waals surface area contributed by atoms with Crippen LogP contribution in [0.1, 0.15) is 21.5 Å². The second-order valence-corrected chi connectivity index (χ2v) is 6.89. The van der Waals surface area contributed by atoms with Crippen LogP contribution >= 0.6 is 0 Å². The average molecular weight is 426 g/mol. The zero-order valence-corrected chi connectivity index (χ0v) is 17.2. The number of hydrogen-bond donors (Lipinski definition) is 1. The minimum Gasteiger partial charge on any atom is -0.493 e. The molecule has 0 fully saturated rings. The molecule has 0 aliphatic heterocycles. The molecule has 1 amide bonds. The number of nitrogens with zero attached hydrogens (tertiary/aromatic N) is 1. The molecule has 2 N–H and O–H groups in total. The first-order valence-electron chi connectivity index (χ1n) is 9.80. The van der Waals surface area contributed by atoms with Crippen LogP contribution in [-0.2, 0) is 13.2 Å². The van der Waals surface area contributed by atoms with Crippen LogP contribution in [0.5, 0.6) is 11.5 Å². The SMILES string of the molecule is COc1cc(CN(CCN)C(=O)c2ccccc2)ccc1OCc1ccc(F)cc1F. The van der Waals surface area contributed by atoms with Crippen LogP contribution in [0.4, 0.5) is 8.78 Å². The minimum atomic E-state index is -0.674. The van der Waals surface area contributed by atoms with Crippen molar-refractivity contribution in [1.29, 1.82) is 0 Å². The molecule has 0 atom stereocenters. The lowest BCUT2D eigenvalue weighted by Gasteiger charge is -2.23. The molecule has 0 saturated heterocycles. The molecule has 7 heteroatoms. The Morgan fingerprint density at radius 2 is 1.77 bits per heavy atom. The van der Waals surface area contributed by atoms with Gasteiger partial charge < -0.3 is 20.1 Å². The molecule has 0 saturated carbocycles. The molecule has 0 bridgehead atoms. The molecule has 0 spiro atoms. The van der Waals surface area contributed by atoms with Crippen LogP contribution in [0.25, 0.3) is 0 Å². The fourth-order valence-electron chi connectivity index (χ4n) is 3.12. The second-order valence-electron chi connectivity index (χ2n) is 6.89. The molecular weight excluding hydrogens is 402 g/mol. The van der Waals surface area contributed by atoms with Crippen LogP contribution < -0.4 is 15.2 Å². The van der Waals surface area contributed by atoms with Gasteiger partial charge in [-0.1, -0.05) is 24.3 Å². The predicted octanol–water partition coefficient (Wildman–Crippen LogP) is 4.15. The minimum absolute atomic E-state index is 0.0758. The van der Waals surface area contributed by atoms with Crippen molar-refractivity contribution in [2.75, 3.05) is 20.2 Å². The van der Waals surface area contributed by atoms with Gasteiger partial charge in [0.1, 0.15) is 18.2 Å². The van der Waals surface area contributed by atoms with Gasteiger partial charge in [0.05, 0.1) is 7.11 Å². The normalized spacial score (nSPS) is 10.6. The van der Waals surface area contributed by atoms with Gasteiger partial charge in [-0.15, -0.1) is 0 Å². The van der Waals surface area contributed by atoms with Crippen molar-refractivity contribution < 1.29 is 23.0 Å². The van der Waals surface area contributed by atoms with E-state index >= 15 is 0 Å². The third-order valence-electron chi connectivity index (χ3n) is 4.71. The summed E-state index contributed by atoms with van der Waals surface area (Å²) >= 11 is 0. The summed E-state index contributed by atoms with van der Waals surface area (Å²) in [6.07, 6.45) is 0. The van der Waals surface area contributed by atoms with Gasteiger partial charge in [0.15, 0.2) is 11.5 Å². The fourth-order valence-corrected chi connectivity index (χ4v) is 3.12. The highest BCUT2D eigenvalue weighted by atomic mass is 19.1. The number of rotatable bonds is 9. The fraction of sp³-hybridized carbons (Fsp3) is 0.208. The van der Waals surface area contributed by atoms with E-state index in [9.17, 15) is 13.6 Å². The first kappa shape index (κ1) is 22.2. The van der Waals surface area contributed by atoms with E-state index in [1.807, 2.05) is 18.2 Å². The van der Waals surface area contributed by atoms with E-state index in [4.69, 9.17) is 15.2 Å². The highest BCUT2D eigenvalue weighted by Crippen LogP contribution is 2.30. The van der Waals surface area contributed by atoms with Crippen molar-refractivity contribution in [3.8, 4) is 11.5 Å². The van der Waals surface area contributed by atoms with Crippen molar-refractivity contribution in [3.63, 3.8) is 0 Å². The Kier molecular flexibility index (Phi) is 7.56. The van der Waals surface area contributed by atoms with Crippen molar-refractivity contribution in [2.45, 2.75) is 13.2 Å². The van der Waals surface area contributed by atoms with Crippen LogP contribution in [0, 0.1) is 11.6 Å². The lowest BCUT2D eigenvalue weighted by molar-refractivity contribution is 0.0748. The molecule has 5 nitrogen and oxygen atoms in total. The summed E-state index contributed by atoms with van der Waals surface area (Å²) < 4.78 is 38.0. The number of hydrogen-bond acceptors (Lipinski definition) is 4. The van der Waals surface area contributed by atoms with E-state index in [-0.39, 0.29) is 18.1 Å². The van der Waals surface area contributed by atoms with E-state index in [2.05, 4.69) is 0 Å². The van der Waals surface area contributed by atoms with Gasteiger partial charge in [-0.25, -0.2) is 8.78 Å². The Hall–Kier alpha value is -3.45. The summed E-state index contributed by atoms with van der Waals surface area (Å²) in [4.78, 5) is 14.5. The van der Waals surface area contributed by atoms with E-state index < -0.39 is 11.6 Å². The molecule has 0 aliphatic rings. The van der Waals surface area contributed by atoms with Crippen LogP contribution in [0.2, 0.25) is 0 Å². The Morgan fingerprint density at radius 1 is 1.00 bits per heavy atom. The molecule has 31 heavy (non-hydrogen) atoms. The summed E-state index contributed by atoms with van der Waals surface area (Å²) in [5.41, 5.74) is 7.35. The standard InChI is InChI=1S/C24H24F2N2O3/c1-30-23-13-17(15-28(12-11-27)24(29)18-5-3-2-4-6-18)7-10-22(23)31-16-19-8-9-20(25)14-21(19)26/h2-10,13-14H,11-12,15-16,27H2,1H3.